The van der Waals surface area contributed by atoms with E-state index in [1.807, 2.05) is 0 Å². The van der Waals surface area contributed by atoms with Gasteiger partial charge in [0.25, 0.3) is 6.29 Å². The number of rotatable bonds is 3. The molecule has 0 radical (unpaired) electrons. The fourth-order valence-corrected chi connectivity index (χ4v) is 1.54. The SMILES string of the molecule is [N-]=[N+]=NC1=C(Cl)C(=O)OC1OC(=O)c1ccccc1. The van der Waals surface area contributed by atoms with Crippen LogP contribution in [0.25, 0.3) is 10.4 Å². The molecule has 1 heterocycles. The standard InChI is InChI=1S/C11H6ClN3O4/c12-7-8(14-15-13)11(19-10(7)17)18-9(16)6-4-2-1-3-5-6/h1-5,11H. The Labute approximate surface area is 112 Å². The quantitative estimate of drug-likeness (QED) is 0.367. The molecule has 0 saturated heterocycles. The van der Waals surface area contributed by atoms with Gasteiger partial charge in [-0.05, 0) is 17.7 Å². The summed E-state index contributed by atoms with van der Waals surface area (Å²) in [5.74, 6) is -1.63. The van der Waals surface area contributed by atoms with Crippen LogP contribution in [-0.4, -0.2) is 18.2 Å². The van der Waals surface area contributed by atoms with E-state index in [1.54, 1.807) is 18.2 Å². The van der Waals surface area contributed by atoms with Crippen molar-refractivity contribution in [3.63, 3.8) is 0 Å². The van der Waals surface area contributed by atoms with E-state index >= 15 is 0 Å². The summed E-state index contributed by atoms with van der Waals surface area (Å²) in [6, 6.07) is 8.08. The molecule has 8 heteroatoms. The van der Waals surface area contributed by atoms with Gasteiger partial charge in [0.2, 0.25) is 0 Å². The van der Waals surface area contributed by atoms with Gasteiger partial charge in [0, 0.05) is 4.91 Å². The molecular formula is C11H6ClN3O4. The second-order valence-electron chi connectivity index (χ2n) is 3.40. The van der Waals surface area contributed by atoms with Gasteiger partial charge >= 0.3 is 11.9 Å². The highest BCUT2D eigenvalue weighted by Gasteiger charge is 2.35. The summed E-state index contributed by atoms with van der Waals surface area (Å²) in [5.41, 5.74) is 8.36. The molecule has 1 aromatic carbocycles. The van der Waals surface area contributed by atoms with E-state index in [-0.39, 0.29) is 11.3 Å². The minimum atomic E-state index is -1.43. The Bertz CT molecular complexity index is 608. The first kappa shape index (κ1) is 12.9. The highest BCUT2D eigenvalue weighted by atomic mass is 35.5. The van der Waals surface area contributed by atoms with Crippen LogP contribution in [-0.2, 0) is 14.3 Å². The smallest absolute Gasteiger partial charge is 0.353 e. The highest BCUT2D eigenvalue weighted by Crippen LogP contribution is 2.28. The molecule has 0 fully saturated rings. The van der Waals surface area contributed by atoms with E-state index in [1.165, 1.54) is 12.1 Å². The molecule has 19 heavy (non-hydrogen) atoms. The van der Waals surface area contributed by atoms with Crippen LogP contribution in [0.1, 0.15) is 10.4 Å². The van der Waals surface area contributed by atoms with Crippen molar-refractivity contribution >= 4 is 23.5 Å². The molecule has 0 bridgehead atoms. The number of hydrogen-bond acceptors (Lipinski definition) is 5. The van der Waals surface area contributed by atoms with Gasteiger partial charge in [-0.15, -0.1) is 0 Å². The molecule has 7 nitrogen and oxygen atoms in total. The van der Waals surface area contributed by atoms with Crippen LogP contribution in [0.2, 0.25) is 0 Å². The average molecular weight is 280 g/mol. The van der Waals surface area contributed by atoms with Crippen LogP contribution >= 0.6 is 11.6 Å². The van der Waals surface area contributed by atoms with Gasteiger partial charge in [-0.2, -0.15) is 0 Å². The molecule has 1 atom stereocenters. The molecule has 0 amide bonds. The Balaban J connectivity index is 2.18. The lowest BCUT2D eigenvalue weighted by Gasteiger charge is -2.12. The largest absolute Gasteiger partial charge is 0.417 e. The fraction of sp³-hybridized carbons (Fsp3) is 0.0909. The number of hydrogen-bond donors (Lipinski definition) is 0. The number of azide groups is 1. The maximum atomic E-state index is 11.7. The predicted molar refractivity (Wildman–Crippen MR) is 63.8 cm³/mol. The van der Waals surface area contributed by atoms with Crippen LogP contribution < -0.4 is 0 Å². The third kappa shape index (κ3) is 2.67. The molecule has 1 aliphatic rings. The van der Waals surface area contributed by atoms with Crippen molar-refractivity contribution in [1.82, 2.24) is 0 Å². The van der Waals surface area contributed by atoms with Crippen LogP contribution in [0.4, 0.5) is 0 Å². The van der Waals surface area contributed by atoms with Gasteiger partial charge in [-0.25, -0.2) is 9.59 Å². The van der Waals surface area contributed by atoms with Crippen molar-refractivity contribution in [1.29, 1.82) is 0 Å². The van der Waals surface area contributed by atoms with Gasteiger partial charge in [0.05, 0.1) is 5.56 Å². The van der Waals surface area contributed by atoms with Crippen LogP contribution in [0.15, 0.2) is 46.2 Å². The maximum absolute atomic E-state index is 11.7. The second kappa shape index (κ2) is 5.43. The Morgan fingerprint density at radius 3 is 2.74 bits per heavy atom. The van der Waals surface area contributed by atoms with Crippen LogP contribution in [0.5, 0.6) is 0 Å². The average Bonchev–Trinajstić information content (AvgIpc) is 2.68. The summed E-state index contributed by atoms with van der Waals surface area (Å²) in [6.07, 6.45) is -1.43. The topological polar surface area (TPSA) is 101 Å². The number of carbonyl (C=O) groups excluding carboxylic acids is 2. The second-order valence-corrected chi connectivity index (χ2v) is 3.78. The minimum absolute atomic E-state index is 0.265. The van der Waals surface area contributed by atoms with Crippen molar-refractivity contribution in [2.45, 2.75) is 6.29 Å². The number of ether oxygens (including phenoxy) is 2. The lowest BCUT2D eigenvalue weighted by Crippen LogP contribution is -2.20. The first-order chi connectivity index (χ1) is 9.13. The Morgan fingerprint density at radius 1 is 1.42 bits per heavy atom. The Hall–Kier alpha value is -2.50. The zero-order valence-corrected chi connectivity index (χ0v) is 10.1. The molecule has 0 saturated carbocycles. The van der Waals surface area contributed by atoms with Gasteiger partial charge < -0.3 is 9.47 Å². The van der Waals surface area contributed by atoms with Gasteiger partial charge in [0.1, 0.15) is 10.7 Å². The molecular weight excluding hydrogens is 274 g/mol. The number of halogens is 1. The first-order valence-electron chi connectivity index (χ1n) is 5.05. The number of cyclic esters (lactones) is 1. The van der Waals surface area contributed by atoms with Crippen molar-refractivity contribution in [2.75, 3.05) is 0 Å². The van der Waals surface area contributed by atoms with Crippen molar-refractivity contribution in [2.24, 2.45) is 5.11 Å². The number of carbonyl (C=O) groups is 2. The van der Waals surface area contributed by atoms with E-state index in [0.29, 0.717) is 0 Å². The van der Waals surface area contributed by atoms with Crippen molar-refractivity contribution in [3.05, 3.63) is 57.1 Å². The maximum Gasteiger partial charge on any atom is 0.353 e. The van der Waals surface area contributed by atoms with E-state index < -0.39 is 23.3 Å². The third-order valence-electron chi connectivity index (χ3n) is 2.22. The summed E-state index contributed by atoms with van der Waals surface area (Å²) in [5, 5.41) is 2.79. The highest BCUT2D eigenvalue weighted by molar-refractivity contribution is 6.42. The number of esters is 2. The summed E-state index contributed by atoms with van der Waals surface area (Å²) in [7, 11) is 0. The van der Waals surface area contributed by atoms with Gasteiger partial charge in [0.15, 0.2) is 0 Å². The molecule has 96 valence electrons. The Morgan fingerprint density at radius 2 is 2.11 bits per heavy atom. The third-order valence-corrected chi connectivity index (χ3v) is 2.57. The lowest BCUT2D eigenvalue weighted by molar-refractivity contribution is -0.152. The molecule has 1 aliphatic heterocycles. The predicted octanol–water partition coefficient (Wildman–Crippen LogP) is 2.49. The zero-order valence-electron chi connectivity index (χ0n) is 9.32. The molecule has 0 aromatic heterocycles. The summed E-state index contributed by atoms with van der Waals surface area (Å²) in [4.78, 5) is 25.4. The molecule has 0 N–H and O–H groups in total. The van der Waals surface area contributed by atoms with Crippen molar-refractivity contribution in [3.8, 4) is 0 Å². The van der Waals surface area contributed by atoms with Crippen LogP contribution in [0.3, 0.4) is 0 Å². The molecule has 1 aromatic rings. The van der Waals surface area contributed by atoms with Crippen LogP contribution in [0, 0.1) is 0 Å². The normalized spacial score (nSPS) is 17.7. The minimum Gasteiger partial charge on any atom is -0.417 e. The number of nitrogens with zero attached hydrogens (tertiary/aromatic N) is 3. The number of benzene rings is 1. The lowest BCUT2D eigenvalue weighted by atomic mass is 10.2. The zero-order chi connectivity index (χ0) is 13.8. The van der Waals surface area contributed by atoms with E-state index in [4.69, 9.17) is 21.9 Å². The summed E-state index contributed by atoms with van der Waals surface area (Å²) >= 11 is 5.58. The molecule has 2 rings (SSSR count). The molecule has 0 spiro atoms. The monoisotopic (exact) mass is 279 g/mol. The fourth-order valence-electron chi connectivity index (χ4n) is 1.37. The first-order valence-corrected chi connectivity index (χ1v) is 5.43. The van der Waals surface area contributed by atoms with Crippen molar-refractivity contribution < 1.29 is 19.1 Å². The van der Waals surface area contributed by atoms with E-state index in [0.717, 1.165) is 0 Å². The van der Waals surface area contributed by atoms with E-state index in [2.05, 4.69) is 14.8 Å². The van der Waals surface area contributed by atoms with Gasteiger partial charge in [-0.3, -0.25) is 0 Å². The Kier molecular flexibility index (Phi) is 3.70. The molecule has 0 aliphatic carbocycles. The summed E-state index contributed by atoms with van der Waals surface area (Å²) < 4.78 is 9.59. The molecule has 1 unspecified atom stereocenters. The summed E-state index contributed by atoms with van der Waals surface area (Å²) in [6.45, 7) is 0. The van der Waals surface area contributed by atoms with E-state index in [9.17, 15) is 9.59 Å². The van der Waals surface area contributed by atoms with Gasteiger partial charge in [-0.1, -0.05) is 34.9 Å².